The van der Waals surface area contributed by atoms with E-state index >= 15 is 0 Å². The number of nitro benzene ring substituents is 1. The number of ketones is 1. The van der Waals surface area contributed by atoms with Crippen LogP contribution in [-0.2, 0) is 9.59 Å². The maximum absolute atomic E-state index is 13.1. The van der Waals surface area contributed by atoms with Crippen LogP contribution in [0.3, 0.4) is 0 Å². The topological polar surface area (TPSA) is 117 Å². The second-order valence-corrected chi connectivity index (χ2v) is 8.13. The van der Waals surface area contributed by atoms with Gasteiger partial charge in [-0.3, -0.25) is 19.7 Å². The SMILES string of the molecule is O=C(/C=C/c1ccco1)C1=C(O)C(=O)N(CCN2CCCCC2)C1c1cccc([N+](=O)[O-])c1. The Labute approximate surface area is 190 Å². The molecule has 172 valence electrons. The molecule has 2 aliphatic rings. The van der Waals surface area contributed by atoms with Crippen molar-refractivity contribution >= 4 is 23.5 Å². The summed E-state index contributed by atoms with van der Waals surface area (Å²) in [5.74, 6) is -1.40. The quantitative estimate of drug-likeness (QED) is 0.370. The van der Waals surface area contributed by atoms with E-state index in [0.29, 0.717) is 17.9 Å². The van der Waals surface area contributed by atoms with Crippen molar-refractivity contribution < 1.29 is 24.0 Å². The zero-order valence-corrected chi connectivity index (χ0v) is 18.1. The van der Waals surface area contributed by atoms with E-state index in [9.17, 15) is 24.8 Å². The molecular formula is C24H25N3O6. The molecule has 1 fully saturated rings. The summed E-state index contributed by atoms with van der Waals surface area (Å²) in [6, 6.07) is 8.25. The lowest BCUT2D eigenvalue weighted by Gasteiger charge is -2.31. The minimum Gasteiger partial charge on any atom is -0.503 e. The Morgan fingerprint density at radius 2 is 1.97 bits per heavy atom. The van der Waals surface area contributed by atoms with Gasteiger partial charge in [0.1, 0.15) is 5.76 Å². The van der Waals surface area contributed by atoms with Crippen molar-refractivity contribution in [1.29, 1.82) is 0 Å². The standard InChI is InChI=1S/C24H25N3O6/c28-20(10-9-19-8-5-15-33-19)21-22(17-6-4-7-18(16-17)27(31)32)26(24(30)23(21)29)14-13-25-11-2-1-3-12-25/h4-10,15-16,22,29H,1-3,11-14H2/b10-9+. The van der Waals surface area contributed by atoms with Crippen molar-refractivity contribution in [3.63, 3.8) is 0 Å². The fourth-order valence-electron chi connectivity index (χ4n) is 4.36. The molecule has 4 rings (SSSR count). The summed E-state index contributed by atoms with van der Waals surface area (Å²) in [5, 5.41) is 22.0. The van der Waals surface area contributed by atoms with Crippen LogP contribution in [0.25, 0.3) is 6.08 Å². The van der Waals surface area contributed by atoms with E-state index in [1.54, 1.807) is 18.2 Å². The number of furan rings is 1. The molecule has 2 aromatic rings. The van der Waals surface area contributed by atoms with Crippen molar-refractivity contribution in [3.8, 4) is 0 Å². The summed E-state index contributed by atoms with van der Waals surface area (Å²) >= 11 is 0. The first-order valence-corrected chi connectivity index (χ1v) is 10.9. The van der Waals surface area contributed by atoms with Crippen LogP contribution in [0.4, 0.5) is 5.69 Å². The molecule has 1 saturated heterocycles. The lowest BCUT2D eigenvalue weighted by molar-refractivity contribution is -0.384. The van der Waals surface area contributed by atoms with Gasteiger partial charge in [0.05, 0.1) is 22.8 Å². The van der Waals surface area contributed by atoms with Crippen LogP contribution >= 0.6 is 0 Å². The molecule has 1 atom stereocenters. The number of piperidine rings is 1. The molecule has 9 nitrogen and oxygen atoms in total. The van der Waals surface area contributed by atoms with Crippen molar-refractivity contribution in [1.82, 2.24) is 9.80 Å². The van der Waals surface area contributed by atoms with Crippen molar-refractivity contribution in [2.45, 2.75) is 25.3 Å². The lowest BCUT2D eigenvalue weighted by Crippen LogP contribution is -2.40. The first kappa shape index (κ1) is 22.5. The normalized spacial score (nSPS) is 19.6. The third-order valence-electron chi connectivity index (χ3n) is 6.01. The van der Waals surface area contributed by atoms with Gasteiger partial charge in [-0.2, -0.15) is 0 Å². The number of rotatable bonds is 8. The number of nitro groups is 1. The van der Waals surface area contributed by atoms with Gasteiger partial charge in [0, 0.05) is 25.2 Å². The second kappa shape index (κ2) is 9.83. The molecule has 1 N–H and O–H groups in total. The average molecular weight is 451 g/mol. The number of benzene rings is 1. The predicted molar refractivity (Wildman–Crippen MR) is 120 cm³/mol. The van der Waals surface area contributed by atoms with E-state index in [2.05, 4.69) is 4.90 Å². The minimum atomic E-state index is -0.920. The molecule has 1 aromatic heterocycles. The summed E-state index contributed by atoms with van der Waals surface area (Å²) in [6.45, 7) is 2.74. The maximum atomic E-state index is 13.1. The number of hydrogen-bond acceptors (Lipinski definition) is 7. The van der Waals surface area contributed by atoms with Gasteiger partial charge in [0.25, 0.3) is 11.6 Å². The molecule has 0 spiro atoms. The molecule has 0 radical (unpaired) electrons. The number of carbonyl (C=O) groups excluding carboxylic acids is 2. The predicted octanol–water partition coefficient (Wildman–Crippen LogP) is 3.65. The Kier molecular flexibility index (Phi) is 6.69. The van der Waals surface area contributed by atoms with Gasteiger partial charge < -0.3 is 19.3 Å². The molecule has 0 saturated carbocycles. The van der Waals surface area contributed by atoms with Crippen LogP contribution < -0.4 is 0 Å². The van der Waals surface area contributed by atoms with Gasteiger partial charge >= 0.3 is 0 Å². The number of nitrogens with zero attached hydrogens (tertiary/aromatic N) is 3. The largest absolute Gasteiger partial charge is 0.503 e. The van der Waals surface area contributed by atoms with Gasteiger partial charge in [0.2, 0.25) is 0 Å². The van der Waals surface area contributed by atoms with E-state index in [4.69, 9.17) is 4.42 Å². The molecule has 2 aliphatic heterocycles. The third-order valence-corrected chi connectivity index (χ3v) is 6.01. The Morgan fingerprint density at radius 1 is 1.18 bits per heavy atom. The molecule has 3 heterocycles. The molecule has 33 heavy (non-hydrogen) atoms. The summed E-state index contributed by atoms with van der Waals surface area (Å²) in [5.41, 5.74) is 0.150. The highest BCUT2D eigenvalue weighted by atomic mass is 16.6. The highest BCUT2D eigenvalue weighted by molar-refractivity contribution is 6.14. The first-order chi connectivity index (χ1) is 16.0. The number of aliphatic hydroxyl groups is 1. The van der Waals surface area contributed by atoms with Gasteiger partial charge in [-0.1, -0.05) is 18.6 Å². The summed E-state index contributed by atoms with van der Waals surface area (Å²) in [6.07, 6.45) is 7.51. The highest BCUT2D eigenvalue weighted by Gasteiger charge is 2.43. The number of allylic oxidation sites excluding steroid dienone is 1. The summed E-state index contributed by atoms with van der Waals surface area (Å²) < 4.78 is 5.20. The van der Waals surface area contributed by atoms with Crippen LogP contribution in [0.1, 0.15) is 36.6 Å². The van der Waals surface area contributed by atoms with Crippen molar-refractivity contribution in [2.24, 2.45) is 0 Å². The van der Waals surface area contributed by atoms with Crippen LogP contribution in [0.5, 0.6) is 0 Å². The van der Waals surface area contributed by atoms with Gasteiger partial charge in [-0.25, -0.2) is 0 Å². The van der Waals surface area contributed by atoms with Crippen LogP contribution in [0, 0.1) is 10.1 Å². The molecule has 1 unspecified atom stereocenters. The molecule has 1 amide bonds. The van der Waals surface area contributed by atoms with E-state index < -0.39 is 28.4 Å². The number of aliphatic hydroxyl groups excluding tert-OH is 1. The van der Waals surface area contributed by atoms with Gasteiger partial charge in [-0.05, 0) is 55.8 Å². The number of carbonyl (C=O) groups is 2. The van der Waals surface area contributed by atoms with Crippen LogP contribution in [0.2, 0.25) is 0 Å². The minimum absolute atomic E-state index is 0.0954. The van der Waals surface area contributed by atoms with Gasteiger partial charge in [-0.15, -0.1) is 0 Å². The number of hydrogen-bond donors (Lipinski definition) is 1. The maximum Gasteiger partial charge on any atom is 0.290 e. The van der Waals surface area contributed by atoms with E-state index in [1.165, 1.54) is 47.9 Å². The van der Waals surface area contributed by atoms with Gasteiger partial charge in [0.15, 0.2) is 11.5 Å². The smallest absolute Gasteiger partial charge is 0.290 e. The zero-order valence-electron chi connectivity index (χ0n) is 18.1. The van der Waals surface area contributed by atoms with Crippen LogP contribution in [-0.4, -0.2) is 57.7 Å². The second-order valence-electron chi connectivity index (χ2n) is 8.13. The number of likely N-dealkylation sites (tertiary alicyclic amines) is 1. The molecule has 9 heteroatoms. The van der Waals surface area contributed by atoms with E-state index in [0.717, 1.165) is 25.9 Å². The first-order valence-electron chi connectivity index (χ1n) is 10.9. The summed E-state index contributed by atoms with van der Waals surface area (Å²) in [7, 11) is 0. The highest BCUT2D eigenvalue weighted by Crippen LogP contribution is 2.39. The molecule has 1 aromatic carbocycles. The average Bonchev–Trinajstić information content (AvgIpc) is 3.44. The van der Waals surface area contributed by atoms with Crippen molar-refractivity contribution in [3.05, 3.63) is 81.5 Å². The van der Waals surface area contributed by atoms with E-state index in [-0.39, 0.29) is 17.8 Å². The Bertz CT molecular complexity index is 1100. The molecular weight excluding hydrogens is 426 g/mol. The fraction of sp³-hybridized carbons (Fsp3) is 0.333. The van der Waals surface area contributed by atoms with Crippen molar-refractivity contribution in [2.75, 3.05) is 26.2 Å². The summed E-state index contributed by atoms with van der Waals surface area (Å²) in [4.78, 5) is 40.6. The Balaban J connectivity index is 1.66. The Morgan fingerprint density at radius 3 is 2.67 bits per heavy atom. The molecule has 0 aliphatic carbocycles. The molecule has 0 bridgehead atoms. The van der Waals surface area contributed by atoms with E-state index in [1.807, 2.05) is 0 Å². The third kappa shape index (κ3) is 4.88. The number of non-ortho nitro benzene ring substituents is 1. The zero-order chi connectivity index (χ0) is 23.4. The van der Waals surface area contributed by atoms with Crippen LogP contribution in [0.15, 0.2) is 64.5 Å². The monoisotopic (exact) mass is 451 g/mol. The number of amides is 1. The Hall–Kier alpha value is -3.72. The fourth-order valence-corrected chi connectivity index (χ4v) is 4.36. The lowest BCUT2D eigenvalue weighted by atomic mass is 9.95.